The van der Waals surface area contributed by atoms with Gasteiger partial charge in [0.15, 0.2) is 16.7 Å². The maximum atomic E-state index is 13.1. The smallest absolute Gasteiger partial charge is 0.188 e. The van der Waals surface area contributed by atoms with Crippen LogP contribution in [0.5, 0.6) is 11.5 Å². The molecule has 0 saturated heterocycles. The van der Waals surface area contributed by atoms with Gasteiger partial charge in [0.2, 0.25) is 0 Å². The van der Waals surface area contributed by atoms with Gasteiger partial charge in [-0.25, -0.2) is 14.4 Å². The Morgan fingerprint density at radius 3 is 2.87 bits per heavy atom. The molecule has 0 atom stereocenters. The van der Waals surface area contributed by atoms with Crippen molar-refractivity contribution in [3.63, 3.8) is 0 Å². The summed E-state index contributed by atoms with van der Waals surface area (Å²) in [6.07, 6.45) is 11.3. The zero-order valence-electron chi connectivity index (χ0n) is 16.4. The Morgan fingerprint density at radius 2 is 2.13 bits per heavy atom. The molecule has 0 aliphatic carbocycles. The fourth-order valence-corrected chi connectivity index (χ4v) is 3.64. The summed E-state index contributed by atoms with van der Waals surface area (Å²) in [6.45, 7) is 5.73. The summed E-state index contributed by atoms with van der Waals surface area (Å²) in [6, 6.07) is 7.65. The molecule has 0 radical (unpaired) electrons. The van der Waals surface area contributed by atoms with Crippen LogP contribution in [0.15, 0.2) is 82.8 Å². The Bertz CT molecular complexity index is 1060. The number of aryl methyl sites for hydroxylation is 1. The van der Waals surface area contributed by atoms with Crippen LogP contribution in [0.4, 0.5) is 15.3 Å². The van der Waals surface area contributed by atoms with Crippen LogP contribution >= 0.6 is 27.3 Å². The number of thiazole rings is 1. The fourth-order valence-electron chi connectivity index (χ4n) is 2.59. The standard InChI is InChI=1S/C23H21BrFN3OS/c1-3-5-6-16(4-2)7-10-19-15-30-23(27-19)28-22-21(13-17(24)14-26-22)29-20-11-8-18(25)9-12-20/h3-6,8-9,11-15H,1,7,10H2,2H3,(H,26,27,28)/b6-5-,16-4+. The predicted octanol–water partition coefficient (Wildman–Crippen LogP) is 7.60. The summed E-state index contributed by atoms with van der Waals surface area (Å²) in [4.78, 5) is 9.05. The molecule has 0 unspecified atom stereocenters. The highest BCUT2D eigenvalue weighted by molar-refractivity contribution is 9.10. The van der Waals surface area contributed by atoms with E-state index in [0.717, 1.165) is 28.1 Å². The van der Waals surface area contributed by atoms with E-state index in [-0.39, 0.29) is 5.82 Å². The molecule has 3 rings (SSSR count). The Morgan fingerprint density at radius 1 is 1.33 bits per heavy atom. The average molecular weight is 486 g/mol. The van der Waals surface area contributed by atoms with Crippen molar-refractivity contribution in [1.82, 2.24) is 9.97 Å². The van der Waals surface area contributed by atoms with Crippen molar-refractivity contribution < 1.29 is 9.13 Å². The molecule has 0 fully saturated rings. The second-order valence-electron chi connectivity index (χ2n) is 6.28. The van der Waals surface area contributed by atoms with Gasteiger partial charge in [-0.1, -0.05) is 36.5 Å². The highest BCUT2D eigenvalue weighted by atomic mass is 79.9. The molecule has 3 aromatic rings. The third-order valence-corrected chi connectivity index (χ3v) is 5.37. The molecule has 1 aromatic carbocycles. The topological polar surface area (TPSA) is 47.0 Å². The van der Waals surface area contributed by atoms with Gasteiger partial charge in [-0.3, -0.25) is 0 Å². The zero-order valence-corrected chi connectivity index (χ0v) is 18.8. The summed E-state index contributed by atoms with van der Waals surface area (Å²) in [5.74, 6) is 1.25. The molecule has 2 heterocycles. The average Bonchev–Trinajstić information content (AvgIpc) is 3.19. The predicted molar refractivity (Wildman–Crippen MR) is 125 cm³/mol. The monoisotopic (exact) mass is 485 g/mol. The van der Waals surface area contributed by atoms with Gasteiger partial charge in [0.1, 0.15) is 11.6 Å². The first-order chi connectivity index (χ1) is 14.6. The Hall–Kier alpha value is -2.77. The minimum atomic E-state index is -0.315. The van der Waals surface area contributed by atoms with Crippen molar-refractivity contribution in [2.24, 2.45) is 0 Å². The van der Waals surface area contributed by atoms with E-state index in [1.807, 2.05) is 18.4 Å². The molecule has 0 amide bonds. The summed E-state index contributed by atoms with van der Waals surface area (Å²) in [5, 5.41) is 5.99. The van der Waals surface area contributed by atoms with Gasteiger partial charge < -0.3 is 10.1 Å². The van der Waals surface area contributed by atoms with Crippen LogP contribution in [0.25, 0.3) is 0 Å². The summed E-state index contributed by atoms with van der Waals surface area (Å²) >= 11 is 4.92. The van der Waals surface area contributed by atoms with E-state index in [1.165, 1.54) is 29.0 Å². The first-order valence-electron chi connectivity index (χ1n) is 9.32. The number of allylic oxidation sites excluding steroid dienone is 5. The molecule has 0 aliphatic rings. The summed E-state index contributed by atoms with van der Waals surface area (Å²) < 4.78 is 19.8. The lowest BCUT2D eigenvalue weighted by Crippen LogP contribution is -1.98. The Balaban J connectivity index is 1.70. The van der Waals surface area contributed by atoms with E-state index in [9.17, 15) is 4.39 Å². The van der Waals surface area contributed by atoms with Gasteiger partial charge in [0.25, 0.3) is 0 Å². The second kappa shape index (κ2) is 10.8. The van der Waals surface area contributed by atoms with Gasteiger partial charge in [-0.15, -0.1) is 11.3 Å². The van der Waals surface area contributed by atoms with E-state index < -0.39 is 0 Å². The van der Waals surface area contributed by atoms with Crippen molar-refractivity contribution in [2.75, 3.05) is 5.32 Å². The van der Waals surface area contributed by atoms with Crippen LogP contribution < -0.4 is 10.1 Å². The van der Waals surface area contributed by atoms with Crippen LogP contribution in [-0.4, -0.2) is 9.97 Å². The van der Waals surface area contributed by atoms with Gasteiger partial charge in [0.05, 0.1) is 5.69 Å². The third kappa shape index (κ3) is 6.37. The molecule has 0 aliphatic heterocycles. The lowest BCUT2D eigenvalue weighted by atomic mass is 10.1. The molecule has 1 N–H and O–H groups in total. The number of nitrogens with one attached hydrogen (secondary N) is 1. The summed E-state index contributed by atoms with van der Waals surface area (Å²) in [5.41, 5.74) is 2.24. The number of rotatable bonds is 9. The van der Waals surface area contributed by atoms with Crippen molar-refractivity contribution in [1.29, 1.82) is 0 Å². The van der Waals surface area contributed by atoms with Crippen LogP contribution in [0, 0.1) is 5.82 Å². The van der Waals surface area contributed by atoms with E-state index >= 15 is 0 Å². The van der Waals surface area contributed by atoms with Gasteiger partial charge >= 0.3 is 0 Å². The zero-order chi connectivity index (χ0) is 21.3. The van der Waals surface area contributed by atoms with E-state index in [1.54, 1.807) is 30.5 Å². The third-order valence-electron chi connectivity index (χ3n) is 4.12. The van der Waals surface area contributed by atoms with Crippen molar-refractivity contribution in [3.8, 4) is 11.5 Å². The van der Waals surface area contributed by atoms with Crippen molar-refractivity contribution in [2.45, 2.75) is 19.8 Å². The molecular weight excluding hydrogens is 465 g/mol. The quantitative estimate of drug-likeness (QED) is 0.317. The Labute approximate surface area is 188 Å². The number of pyridine rings is 1. The number of halogens is 2. The molecule has 0 spiro atoms. The minimum absolute atomic E-state index is 0.315. The van der Waals surface area contributed by atoms with Crippen molar-refractivity contribution >= 4 is 38.2 Å². The lowest BCUT2D eigenvalue weighted by molar-refractivity contribution is 0.480. The first kappa shape index (κ1) is 21.9. The molecule has 2 aromatic heterocycles. The highest BCUT2D eigenvalue weighted by Crippen LogP contribution is 2.33. The molecular formula is C23H21BrFN3OS. The van der Waals surface area contributed by atoms with Gasteiger partial charge in [-0.05, 0) is 60.0 Å². The lowest BCUT2D eigenvalue weighted by Gasteiger charge is -2.11. The van der Waals surface area contributed by atoms with Crippen LogP contribution in [-0.2, 0) is 6.42 Å². The SMILES string of the molecule is C=C/C=C\C(=C/C)CCc1csc(Nc2ncc(Br)cc2Oc2ccc(F)cc2)n1. The van der Waals surface area contributed by atoms with E-state index in [0.29, 0.717) is 17.3 Å². The largest absolute Gasteiger partial charge is 0.453 e. The fraction of sp³-hybridized carbons (Fsp3) is 0.130. The van der Waals surface area contributed by atoms with Gasteiger partial charge in [-0.2, -0.15) is 0 Å². The molecule has 30 heavy (non-hydrogen) atoms. The second-order valence-corrected chi connectivity index (χ2v) is 8.06. The number of anilines is 2. The normalized spacial score (nSPS) is 11.6. The first-order valence-corrected chi connectivity index (χ1v) is 11.0. The number of hydrogen-bond acceptors (Lipinski definition) is 5. The molecule has 0 saturated carbocycles. The maximum Gasteiger partial charge on any atom is 0.188 e. The van der Waals surface area contributed by atoms with E-state index in [2.05, 4.69) is 49.9 Å². The number of hydrogen-bond donors (Lipinski definition) is 1. The minimum Gasteiger partial charge on any atom is -0.453 e. The van der Waals surface area contributed by atoms with Crippen LogP contribution in [0.2, 0.25) is 0 Å². The number of nitrogens with zero attached hydrogens (tertiary/aromatic N) is 2. The molecule has 4 nitrogen and oxygen atoms in total. The molecule has 0 bridgehead atoms. The number of benzene rings is 1. The molecule has 154 valence electrons. The van der Waals surface area contributed by atoms with Crippen molar-refractivity contribution in [3.05, 3.63) is 94.3 Å². The maximum absolute atomic E-state index is 13.1. The highest BCUT2D eigenvalue weighted by Gasteiger charge is 2.11. The molecule has 7 heteroatoms. The number of ether oxygens (including phenoxy) is 1. The van der Waals surface area contributed by atoms with Crippen LogP contribution in [0.1, 0.15) is 19.0 Å². The number of aromatic nitrogens is 2. The van der Waals surface area contributed by atoms with Gasteiger partial charge in [0, 0.05) is 22.1 Å². The van der Waals surface area contributed by atoms with E-state index in [4.69, 9.17) is 4.74 Å². The summed E-state index contributed by atoms with van der Waals surface area (Å²) in [7, 11) is 0. The Kier molecular flexibility index (Phi) is 7.93. The van der Waals surface area contributed by atoms with Crippen LogP contribution in [0.3, 0.4) is 0 Å².